The molecule has 7 rings (SSSR count). The summed E-state index contributed by atoms with van der Waals surface area (Å²) in [6.07, 6.45) is 12.1. The highest BCUT2D eigenvalue weighted by Crippen LogP contribution is 2.34. The summed E-state index contributed by atoms with van der Waals surface area (Å²) in [6.45, 7) is 2.15. The fourth-order valence-corrected chi connectivity index (χ4v) is 5.36. The molecule has 5 aromatic heterocycles. The van der Waals surface area contributed by atoms with E-state index in [-0.39, 0.29) is 11.8 Å². The molecule has 0 aromatic carbocycles. The smallest absolute Gasteiger partial charge is 0.227 e. The Bertz CT molecular complexity index is 1610. The Labute approximate surface area is 213 Å². The van der Waals surface area contributed by atoms with Crippen molar-refractivity contribution >= 4 is 39.3 Å². The Morgan fingerprint density at radius 3 is 2.76 bits per heavy atom. The van der Waals surface area contributed by atoms with E-state index < -0.39 is 0 Å². The monoisotopic (exact) mass is 492 g/mol. The van der Waals surface area contributed by atoms with Crippen molar-refractivity contribution in [2.45, 2.75) is 38.5 Å². The third-order valence-electron chi connectivity index (χ3n) is 7.65. The van der Waals surface area contributed by atoms with Crippen LogP contribution in [0.2, 0.25) is 0 Å². The molecule has 5 aromatic rings. The van der Waals surface area contributed by atoms with E-state index in [1.807, 2.05) is 24.4 Å². The fourth-order valence-electron chi connectivity index (χ4n) is 5.36. The van der Waals surface area contributed by atoms with Gasteiger partial charge < -0.3 is 15.2 Å². The molecule has 0 unspecified atom stereocenters. The molecule has 9 heteroatoms. The topological polar surface area (TPSA) is 115 Å². The zero-order valence-electron chi connectivity index (χ0n) is 20.5. The first-order valence-electron chi connectivity index (χ1n) is 13.1. The van der Waals surface area contributed by atoms with Gasteiger partial charge in [-0.05, 0) is 62.4 Å². The normalized spacial score (nSPS) is 16.3. The number of aromatic amines is 2. The average molecular weight is 493 g/mol. The van der Waals surface area contributed by atoms with Gasteiger partial charge in [-0.1, -0.05) is 6.42 Å². The summed E-state index contributed by atoms with van der Waals surface area (Å²) >= 11 is 0. The van der Waals surface area contributed by atoms with Crippen LogP contribution >= 0.6 is 0 Å². The van der Waals surface area contributed by atoms with Crippen LogP contribution in [0.15, 0.2) is 48.9 Å². The predicted octanol–water partition coefficient (Wildman–Crippen LogP) is 5.29. The van der Waals surface area contributed by atoms with Gasteiger partial charge >= 0.3 is 0 Å². The number of nitrogens with one attached hydrogen (secondary N) is 3. The van der Waals surface area contributed by atoms with E-state index in [0.717, 1.165) is 77.1 Å². The summed E-state index contributed by atoms with van der Waals surface area (Å²) in [6, 6.07) is 10.1. The molecule has 2 aliphatic rings. The number of rotatable bonds is 5. The third-order valence-corrected chi connectivity index (χ3v) is 7.65. The molecule has 1 amide bonds. The van der Waals surface area contributed by atoms with Crippen LogP contribution in [-0.4, -0.2) is 49.1 Å². The second-order valence-electron chi connectivity index (χ2n) is 10.1. The van der Waals surface area contributed by atoms with E-state index in [9.17, 15) is 4.79 Å². The number of aromatic nitrogens is 6. The maximum Gasteiger partial charge on any atom is 0.227 e. The predicted molar refractivity (Wildman–Crippen MR) is 144 cm³/mol. The molecule has 3 N–H and O–H groups in total. The number of carbonyl (C=O) groups is 1. The second-order valence-corrected chi connectivity index (χ2v) is 10.1. The molecule has 1 aliphatic heterocycles. The number of carbonyl (C=O) groups excluding carboxylic acids is 1. The van der Waals surface area contributed by atoms with Crippen molar-refractivity contribution < 1.29 is 4.79 Å². The van der Waals surface area contributed by atoms with Crippen molar-refractivity contribution in [2.24, 2.45) is 5.92 Å². The Morgan fingerprint density at radius 1 is 1.03 bits per heavy atom. The van der Waals surface area contributed by atoms with Crippen molar-refractivity contribution in [3.05, 3.63) is 48.9 Å². The second kappa shape index (κ2) is 8.99. The van der Waals surface area contributed by atoms with Gasteiger partial charge in [0.25, 0.3) is 0 Å². The summed E-state index contributed by atoms with van der Waals surface area (Å²) in [5.41, 5.74) is 7.62. The standard InChI is InChI=1S/C28H28N8O/c37-28(17-5-4-6-17)31-19-13-18(15-29-16-19)21-7-8-22-25(32-21)26(35-34-22)23-14-20-24(9-10-30-27(20)33-23)36-11-2-1-3-12-36/h7-10,13-17H,1-6,11-12H2,(H,30,33)(H,31,37)(H,34,35). The SMILES string of the molecule is O=C(Nc1cncc(-c2ccc3[nH]nc(-c4cc5c(N6CCCCC6)ccnc5[nH]4)c3n2)c1)C1CCC1. The van der Waals surface area contributed by atoms with Crippen LogP contribution in [0.5, 0.6) is 0 Å². The lowest BCUT2D eigenvalue weighted by atomic mass is 9.85. The summed E-state index contributed by atoms with van der Waals surface area (Å²) in [7, 11) is 0. The molecule has 9 nitrogen and oxygen atoms in total. The van der Waals surface area contributed by atoms with Crippen molar-refractivity contribution in [3.8, 4) is 22.6 Å². The molecule has 0 atom stereocenters. The van der Waals surface area contributed by atoms with E-state index in [0.29, 0.717) is 5.69 Å². The molecule has 1 aliphatic carbocycles. The molecule has 0 spiro atoms. The first-order valence-corrected chi connectivity index (χ1v) is 13.1. The van der Waals surface area contributed by atoms with Gasteiger partial charge in [-0.15, -0.1) is 0 Å². The van der Waals surface area contributed by atoms with Gasteiger partial charge in [0.15, 0.2) is 0 Å². The first-order chi connectivity index (χ1) is 18.2. The number of piperidine rings is 1. The lowest BCUT2D eigenvalue weighted by Gasteiger charge is -2.29. The van der Waals surface area contributed by atoms with Crippen LogP contribution in [-0.2, 0) is 4.79 Å². The largest absolute Gasteiger partial charge is 0.371 e. The summed E-state index contributed by atoms with van der Waals surface area (Å²) in [4.78, 5) is 32.2. The molecular formula is C28H28N8O. The van der Waals surface area contributed by atoms with Gasteiger partial charge in [0.2, 0.25) is 5.91 Å². The van der Waals surface area contributed by atoms with Crippen molar-refractivity contribution in [1.82, 2.24) is 30.1 Å². The third kappa shape index (κ3) is 4.00. The maximum absolute atomic E-state index is 12.4. The average Bonchev–Trinajstić information content (AvgIpc) is 3.52. The molecule has 37 heavy (non-hydrogen) atoms. The van der Waals surface area contributed by atoms with Crippen LogP contribution in [0, 0.1) is 5.92 Å². The van der Waals surface area contributed by atoms with E-state index in [2.05, 4.69) is 47.5 Å². The lowest BCUT2D eigenvalue weighted by Crippen LogP contribution is -2.29. The van der Waals surface area contributed by atoms with Crippen molar-refractivity contribution in [2.75, 3.05) is 23.3 Å². The van der Waals surface area contributed by atoms with Gasteiger partial charge in [0.05, 0.1) is 28.8 Å². The highest BCUT2D eigenvalue weighted by molar-refractivity contribution is 5.98. The minimum absolute atomic E-state index is 0.0714. The Hall–Kier alpha value is -4.27. The number of hydrogen-bond acceptors (Lipinski definition) is 6. The molecule has 0 bridgehead atoms. The Kier molecular flexibility index (Phi) is 5.34. The number of amides is 1. The van der Waals surface area contributed by atoms with Gasteiger partial charge in [0.1, 0.15) is 16.9 Å². The molecule has 1 saturated heterocycles. The lowest BCUT2D eigenvalue weighted by molar-refractivity contribution is -0.122. The fraction of sp³-hybridized carbons (Fsp3) is 0.321. The van der Waals surface area contributed by atoms with Crippen LogP contribution in [0.4, 0.5) is 11.4 Å². The minimum Gasteiger partial charge on any atom is -0.371 e. The van der Waals surface area contributed by atoms with Gasteiger partial charge in [0, 0.05) is 48.0 Å². The van der Waals surface area contributed by atoms with E-state index in [1.165, 1.54) is 24.9 Å². The number of anilines is 2. The Morgan fingerprint density at radius 2 is 1.92 bits per heavy atom. The number of H-pyrrole nitrogens is 2. The zero-order valence-corrected chi connectivity index (χ0v) is 20.5. The molecule has 2 fully saturated rings. The van der Waals surface area contributed by atoms with Crippen molar-refractivity contribution in [3.63, 3.8) is 0 Å². The number of fused-ring (bicyclic) bond motifs is 2. The molecule has 1 saturated carbocycles. The van der Waals surface area contributed by atoms with Gasteiger partial charge in [-0.2, -0.15) is 5.10 Å². The van der Waals surface area contributed by atoms with Crippen LogP contribution < -0.4 is 10.2 Å². The molecule has 186 valence electrons. The minimum atomic E-state index is 0.0714. The summed E-state index contributed by atoms with van der Waals surface area (Å²) in [5, 5.41) is 11.8. The van der Waals surface area contributed by atoms with E-state index >= 15 is 0 Å². The van der Waals surface area contributed by atoms with Gasteiger partial charge in [-0.3, -0.25) is 14.9 Å². The van der Waals surface area contributed by atoms with Gasteiger partial charge in [-0.25, -0.2) is 9.97 Å². The first kappa shape index (κ1) is 22.0. The highest BCUT2D eigenvalue weighted by Gasteiger charge is 2.25. The quantitative estimate of drug-likeness (QED) is 0.307. The van der Waals surface area contributed by atoms with Crippen LogP contribution in [0.3, 0.4) is 0 Å². The van der Waals surface area contributed by atoms with Crippen LogP contribution in [0.1, 0.15) is 38.5 Å². The number of pyridine rings is 3. The maximum atomic E-state index is 12.4. The highest BCUT2D eigenvalue weighted by atomic mass is 16.1. The summed E-state index contributed by atoms with van der Waals surface area (Å²) in [5.74, 6) is 0.190. The van der Waals surface area contributed by atoms with Crippen molar-refractivity contribution in [1.29, 1.82) is 0 Å². The Balaban J connectivity index is 1.23. The molecule has 6 heterocycles. The zero-order chi connectivity index (χ0) is 24.8. The number of hydrogen-bond donors (Lipinski definition) is 3. The summed E-state index contributed by atoms with van der Waals surface area (Å²) < 4.78 is 0. The van der Waals surface area contributed by atoms with E-state index in [4.69, 9.17) is 4.98 Å². The molecular weight excluding hydrogens is 464 g/mol. The molecule has 0 radical (unpaired) electrons. The number of nitrogens with zero attached hydrogens (tertiary/aromatic N) is 5. The van der Waals surface area contributed by atoms with Crippen LogP contribution in [0.25, 0.3) is 44.7 Å². The van der Waals surface area contributed by atoms with E-state index in [1.54, 1.807) is 12.4 Å².